The standard InChI is InChI=1S/C9H6ClFO/c1-2-9(12)6-3-4-8(11)7(10)5-6/h1,3-5,9,12H. The van der Waals surface area contributed by atoms with Crippen LogP contribution in [-0.4, -0.2) is 5.11 Å². The minimum absolute atomic E-state index is 0.0400. The zero-order valence-electron chi connectivity index (χ0n) is 6.09. The molecule has 0 spiro atoms. The molecule has 1 rings (SSSR count). The van der Waals surface area contributed by atoms with E-state index < -0.39 is 11.9 Å². The van der Waals surface area contributed by atoms with E-state index in [9.17, 15) is 4.39 Å². The molecule has 1 atom stereocenters. The van der Waals surface area contributed by atoms with Crippen LogP contribution in [0.25, 0.3) is 0 Å². The quantitative estimate of drug-likeness (QED) is 0.663. The smallest absolute Gasteiger partial charge is 0.141 e. The first-order valence-corrected chi connectivity index (χ1v) is 3.62. The van der Waals surface area contributed by atoms with Gasteiger partial charge in [-0.2, -0.15) is 0 Å². The fraction of sp³-hybridized carbons (Fsp3) is 0.111. The van der Waals surface area contributed by atoms with Crippen molar-refractivity contribution < 1.29 is 9.50 Å². The Morgan fingerprint density at radius 3 is 2.75 bits per heavy atom. The van der Waals surface area contributed by atoms with E-state index in [4.69, 9.17) is 23.1 Å². The molecule has 0 heterocycles. The van der Waals surface area contributed by atoms with Crippen molar-refractivity contribution in [3.63, 3.8) is 0 Å². The molecule has 0 aliphatic carbocycles. The molecule has 12 heavy (non-hydrogen) atoms. The summed E-state index contributed by atoms with van der Waals surface area (Å²) in [5.41, 5.74) is 0.420. The second kappa shape index (κ2) is 3.57. The first-order chi connectivity index (χ1) is 5.65. The highest BCUT2D eigenvalue weighted by Crippen LogP contribution is 2.20. The van der Waals surface area contributed by atoms with Crippen LogP contribution in [0.15, 0.2) is 18.2 Å². The maximum atomic E-state index is 12.6. The molecule has 1 N–H and O–H groups in total. The van der Waals surface area contributed by atoms with Gasteiger partial charge in [0.25, 0.3) is 0 Å². The maximum Gasteiger partial charge on any atom is 0.141 e. The van der Waals surface area contributed by atoms with E-state index in [1.807, 2.05) is 0 Å². The number of halogens is 2. The summed E-state index contributed by atoms with van der Waals surface area (Å²) >= 11 is 5.46. The highest BCUT2D eigenvalue weighted by Gasteiger charge is 2.06. The summed E-state index contributed by atoms with van der Waals surface area (Å²) in [7, 11) is 0. The van der Waals surface area contributed by atoms with Crippen molar-refractivity contribution in [3.8, 4) is 12.3 Å². The van der Waals surface area contributed by atoms with Crippen LogP contribution < -0.4 is 0 Å². The van der Waals surface area contributed by atoms with Crippen LogP contribution in [0.5, 0.6) is 0 Å². The average molecular weight is 185 g/mol. The van der Waals surface area contributed by atoms with E-state index in [-0.39, 0.29) is 5.02 Å². The van der Waals surface area contributed by atoms with Crippen molar-refractivity contribution in [1.29, 1.82) is 0 Å². The fourth-order valence-electron chi connectivity index (χ4n) is 0.779. The Balaban J connectivity index is 3.06. The topological polar surface area (TPSA) is 20.2 Å². The molecule has 1 nitrogen and oxygen atoms in total. The van der Waals surface area contributed by atoms with E-state index in [0.717, 1.165) is 6.07 Å². The normalized spacial score (nSPS) is 12.2. The van der Waals surface area contributed by atoms with Gasteiger partial charge in [-0.3, -0.25) is 0 Å². The van der Waals surface area contributed by atoms with Crippen LogP contribution in [0.4, 0.5) is 4.39 Å². The molecule has 1 unspecified atom stereocenters. The molecule has 0 aliphatic rings. The minimum Gasteiger partial charge on any atom is -0.376 e. The molecule has 0 radical (unpaired) electrons. The summed E-state index contributed by atoms with van der Waals surface area (Å²) in [6.45, 7) is 0. The monoisotopic (exact) mass is 184 g/mol. The van der Waals surface area contributed by atoms with Gasteiger partial charge in [0.05, 0.1) is 5.02 Å². The first kappa shape index (κ1) is 9.05. The van der Waals surface area contributed by atoms with E-state index in [1.54, 1.807) is 0 Å². The van der Waals surface area contributed by atoms with Gasteiger partial charge in [-0.25, -0.2) is 4.39 Å². The molecule has 0 saturated heterocycles. The lowest BCUT2D eigenvalue weighted by molar-refractivity contribution is 0.238. The summed E-state index contributed by atoms with van der Waals surface area (Å²) in [6.07, 6.45) is 3.93. The Morgan fingerprint density at radius 2 is 2.25 bits per heavy atom. The van der Waals surface area contributed by atoms with E-state index in [1.165, 1.54) is 12.1 Å². The molecule has 0 fully saturated rings. The van der Waals surface area contributed by atoms with Gasteiger partial charge >= 0.3 is 0 Å². The molecule has 1 aromatic carbocycles. The van der Waals surface area contributed by atoms with Gasteiger partial charge in [0.15, 0.2) is 0 Å². The largest absolute Gasteiger partial charge is 0.376 e. The lowest BCUT2D eigenvalue weighted by Gasteiger charge is -2.03. The molecule has 0 aliphatic heterocycles. The molecular formula is C9H6ClFO. The Kier molecular flexibility index (Phi) is 2.69. The first-order valence-electron chi connectivity index (χ1n) is 3.24. The number of hydrogen-bond donors (Lipinski definition) is 1. The summed E-state index contributed by atoms with van der Waals surface area (Å²) < 4.78 is 12.6. The Hall–Kier alpha value is -1.04. The second-order valence-corrected chi connectivity index (χ2v) is 2.65. The average Bonchev–Trinajstić information content (AvgIpc) is 2.08. The zero-order valence-corrected chi connectivity index (χ0v) is 6.85. The van der Waals surface area contributed by atoms with Crippen LogP contribution in [0, 0.1) is 18.2 Å². The van der Waals surface area contributed by atoms with Crippen LogP contribution in [0.1, 0.15) is 11.7 Å². The molecular weight excluding hydrogens is 179 g/mol. The number of benzene rings is 1. The van der Waals surface area contributed by atoms with Gasteiger partial charge in [-0.15, -0.1) is 6.42 Å². The number of terminal acetylenes is 1. The summed E-state index contributed by atoms with van der Waals surface area (Å²) in [6, 6.07) is 3.87. The third-order valence-corrected chi connectivity index (χ3v) is 1.71. The molecule has 62 valence electrons. The summed E-state index contributed by atoms with van der Waals surface area (Å²) in [4.78, 5) is 0. The van der Waals surface area contributed by atoms with Crippen molar-refractivity contribution >= 4 is 11.6 Å². The number of aliphatic hydroxyl groups is 1. The van der Waals surface area contributed by atoms with Crippen LogP contribution in [0.2, 0.25) is 5.02 Å². The van der Waals surface area contributed by atoms with Gasteiger partial charge in [-0.1, -0.05) is 23.6 Å². The molecule has 0 saturated carbocycles. The fourth-order valence-corrected chi connectivity index (χ4v) is 0.968. The highest BCUT2D eigenvalue weighted by atomic mass is 35.5. The van der Waals surface area contributed by atoms with Gasteiger partial charge in [0.1, 0.15) is 11.9 Å². The summed E-state index contributed by atoms with van der Waals surface area (Å²) in [5, 5.41) is 9.09. The lowest BCUT2D eigenvalue weighted by Crippen LogP contribution is -1.93. The van der Waals surface area contributed by atoms with Crippen molar-refractivity contribution in [2.24, 2.45) is 0 Å². The molecule has 0 amide bonds. The minimum atomic E-state index is -1.02. The third kappa shape index (κ3) is 1.76. The molecule has 1 aromatic rings. The zero-order chi connectivity index (χ0) is 9.14. The van der Waals surface area contributed by atoms with Crippen molar-refractivity contribution in [2.75, 3.05) is 0 Å². The second-order valence-electron chi connectivity index (χ2n) is 2.24. The van der Waals surface area contributed by atoms with E-state index in [0.29, 0.717) is 5.56 Å². The SMILES string of the molecule is C#CC(O)c1ccc(F)c(Cl)c1. The number of hydrogen-bond acceptors (Lipinski definition) is 1. The van der Waals surface area contributed by atoms with E-state index >= 15 is 0 Å². The van der Waals surface area contributed by atoms with Crippen molar-refractivity contribution in [2.45, 2.75) is 6.10 Å². The predicted molar refractivity (Wildman–Crippen MR) is 45.2 cm³/mol. The van der Waals surface area contributed by atoms with Gasteiger partial charge in [-0.05, 0) is 17.7 Å². The van der Waals surface area contributed by atoms with E-state index in [2.05, 4.69) is 5.92 Å². The third-order valence-electron chi connectivity index (χ3n) is 1.42. The summed E-state index contributed by atoms with van der Waals surface area (Å²) in [5.74, 6) is 1.58. The highest BCUT2D eigenvalue weighted by molar-refractivity contribution is 6.30. The number of rotatable bonds is 1. The van der Waals surface area contributed by atoms with Gasteiger partial charge in [0.2, 0.25) is 0 Å². The van der Waals surface area contributed by atoms with Crippen LogP contribution >= 0.6 is 11.6 Å². The lowest BCUT2D eigenvalue weighted by atomic mass is 10.1. The van der Waals surface area contributed by atoms with Gasteiger partial charge in [0, 0.05) is 0 Å². The van der Waals surface area contributed by atoms with Crippen molar-refractivity contribution in [3.05, 3.63) is 34.6 Å². The Bertz CT molecular complexity index is 330. The number of aliphatic hydroxyl groups excluding tert-OH is 1. The van der Waals surface area contributed by atoms with Crippen molar-refractivity contribution in [1.82, 2.24) is 0 Å². The molecule has 0 aromatic heterocycles. The van der Waals surface area contributed by atoms with Crippen LogP contribution in [-0.2, 0) is 0 Å². The van der Waals surface area contributed by atoms with Gasteiger partial charge < -0.3 is 5.11 Å². The Labute approximate surface area is 74.8 Å². The van der Waals surface area contributed by atoms with Crippen LogP contribution in [0.3, 0.4) is 0 Å². The Morgan fingerprint density at radius 1 is 1.58 bits per heavy atom. The maximum absolute atomic E-state index is 12.6. The molecule has 0 bridgehead atoms. The predicted octanol–water partition coefficient (Wildman–Crippen LogP) is 2.15. The molecule has 3 heteroatoms.